The van der Waals surface area contributed by atoms with Crippen molar-refractivity contribution in [2.45, 2.75) is 0 Å². The number of para-hydroxylation sites is 1. The average Bonchev–Trinajstić information content (AvgIpc) is 2.80. The SMILES string of the molecule is COCCOc1cccc(F)c1N1C(=O)c2ccccc2C1=O. The molecule has 0 bridgehead atoms. The van der Waals surface area contributed by atoms with Crippen molar-refractivity contribution < 1.29 is 23.5 Å². The second-order valence-corrected chi connectivity index (χ2v) is 4.92. The molecule has 0 spiro atoms. The predicted molar refractivity (Wildman–Crippen MR) is 81.4 cm³/mol. The molecule has 0 N–H and O–H groups in total. The molecule has 2 amide bonds. The van der Waals surface area contributed by atoms with Gasteiger partial charge in [0.15, 0.2) is 5.82 Å². The number of methoxy groups -OCH3 is 1. The number of fused-ring (bicyclic) bond motifs is 1. The highest BCUT2D eigenvalue weighted by Crippen LogP contribution is 2.36. The average molecular weight is 315 g/mol. The molecule has 0 aliphatic carbocycles. The largest absolute Gasteiger partial charge is 0.489 e. The summed E-state index contributed by atoms with van der Waals surface area (Å²) >= 11 is 0. The fourth-order valence-electron chi connectivity index (χ4n) is 2.46. The molecule has 0 unspecified atom stereocenters. The molecule has 2 aromatic rings. The van der Waals surface area contributed by atoms with E-state index in [0.717, 1.165) is 4.90 Å². The van der Waals surface area contributed by atoms with Crippen molar-refractivity contribution in [2.24, 2.45) is 0 Å². The normalized spacial score (nSPS) is 13.4. The zero-order chi connectivity index (χ0) is 16.4. The van der Waals surface area contributed by atoms with Gasteiger partial charge in [0.05, 0.1) is 17.7 Å². The Kier molecular flexibility index (Phi) is 4.08. The topological polar surface area (TPSA) is 55.8 Å². The van der Waals surface area contributed by atoms with Crippen molar-refractivity contribution in [3.63, 3.8) is 0 Å². The molecule has 0 atom stereocenters. The molecular formula is C17H14FNO4. The molecule has 1 aliphatic heterocycles. The molecule has 1 heterocycles. The van der Waals surface area contributed by atoms with Crippen LogP contribution in [0.5, 0.6) is 5.75 Å². The van der Waals surface area contributed by atoms with Gasteiger partial charge >= 0.3 is 0 Å². The lowest BCUT2D eigenvalue weighted by molar-refractivity contribution is 0.0922. The predicted octanol–water partition coefficient (Wildman–Crippen LogP) is 2.65. The molecule has 6 heteroatoms. The first-order valence-electron chi connectivity index (χ1n) is 7.03. The van der Waals surface area contributed by atoms with E-state index in [-0.39, 0.29) is 29.2 Å². The summed E-state index contributed by atoms with van der Waals surface area (Å²) in [7, 11) is 1.51. The molecule has 3 rings (SSSR count). The van der Waals surface area contributed by atoms with Crippen molar-refractivity contribution in [1.29, 1.82) is 0 Å². The van der Waals surface area contributed by atoms with Crippen LogP contribution in [0.1, 0.15) is 20.7 Å². The minimum absolute atomic E-state index is 0.122. The number of ether oxygens (including phenoxy) is 2. The van der Waals surface area contributed by atoms with Crippen LogP contribution < -0.4 is 9.64 Å². The molecule has 1 aliphatic rings. The van der Waals surface area contributed by atoms with E-state index in [9.17, 15) is 14.0 Å². The Hall–Kier alpha value is -2.73. The Balaban J connectivity index is 2.03. The van der Waals surface area contributed by atoms with Crippen molar-refractivity contribution in [3.8, 4) is 5.75 Å². The molecule has 0 saturated heterocycles. The van der Waals surface area contributed by atoms with Crippen molar-refractivity contribution in [3.05, 3.63) is 59.4 Å². The highest BCUT2D eigenvalue weighted by molar-refractivity contribution is 6.34. The summed E-state index contributed by atoms with van der Waals surface area (Å²) in [4.78, 5) is 25.8. The molecular weight excluding hydrogens is 301 g/mol. The van der Waals surface area contributed by atoms with Gasteiger partial charge < -0.3 is 9.47 Å². The van der Waals surface area contributed by atoms with Gasteiger partial charge in [-0.25, -0.2) is 9.29 Å². The van der Waals surface area contributed by atoms with Crippen LogP contribution in [0.2, 0.25) is 0 Å². The Morgan fingerprint density at radius 2 is 1.61 bits per heavy atom. The van der Waals surface area contributed by atoms with E-state index in [4.69, 9.17) is 9.47 Å². The number of carbonyl (C=O) groups excluding carboxylic acids is 2. The third-order valence-corrected chi connectivity index (χ3v) is 3.51. The van der Waals surface area contributed by atoms with Crippen LogP contribution in [0.3, 0.4) is 0 Å². The van der Waals surface area contributed by atoms with Gasteiger partial charge in [0.2, 0.25) is 0 Å². The number of nitrogens with zero attached hydrogens (tertiary/aromatic N) is 1. The Morgan fingerprint density at radius 3 is 2.22 bits per heavy atom. The summed E-state index contributed by atoms with van der Waals surface area (Å²) in [5.41, 5.74) is 0.335. The van der Waals surface area contributed by atoms with E-state index >= 15 is 0 Å². The van der Waals surface area contributed by atoms with Crippen LogP contribution in [0, 0.1) is 5.82 Å². The van der Waals surface area contributed by atoms with Gasteiger partial charge in [-0.1, -0.05) is 18.2 Å². The maximum Gasteiger partial charge on any atom is 0.266 e. The molecule has 0 aromatic heterocycles. The number of anilines is 1. The lowest BCUT2D eigenvalue weighted by atomic mass is 10.1. The lowest BCUT2D eigenvalue weighted by Crippen LogP contribution is -2.31. The molecule has 0 fully saturated rings. The van der Waals surface area contributed by atoms with E-state index < -0.39 is 17.6 Å². The second kappa shape index (κ2) is 6.18. The number of hydrogen-bond donors (Lipinski definition) is 0. The number of benzene rings is 2. The standard InChI is InChI=1S/C17H14FNO4/c1-22-9-10-23-14-8-4-7-13(18)15(14)19-16(20)11-5-2-3-6-12(11)17(19)21/h2-8H,9-10H2,1H3. The van der Waals surface area contributed by atoms with Gasteiger partial charge in [0, 0.05) is 7.11 Å². The lowest BCUT2D eigenvalue weighted by Gasteiger charge is -2.19. The first-order valence-corrected chi connectivity index (χ1v) is 7.03. The quantitative estimate of drug-likeness (QED) is 0.629. The number of hydrogen-bond acceptors (Lipinski definition) is 4. The summed E-state index contributed by atoms with van der Waals surface area (Å²) < 4.78 is 24.7. The van der Waals surface area contributed by atoms with Crippen LogP contribution in [0.4, 0.5) is 10.1 Å². The summed E-state index contributed by atoms with van der Waals surface area (Å²) in [5, 5.41) is 0. The highest BCUT2D eigenvalue weighted by atomic mass is 19.1. The molecule has 118 valence electrons. The van der Waals surface area contributed by atoms with E-state index in [2.05, 4.69) is 0 Å². The summed E-state index contributed by atoms with van der Waals surface area (Å²) in [6.45, 7) is 0.480. The van der Waals surface area contributed by atoms with Gasteiger partial charge in [-0.3, -0.25) is 9.59 Å². The maximum absolute atomic E-state index is 14.3. The van der Waals surface area contributed by atoms with Gasteiger partial charge in [-0.2, -0.15) is 0 Å². The summed E-state index contributed by atoms with van der Waals surface area (Å²) in [6.07, 6.45) is 0. The molecule has 2 aromatic carbocycles. The Bertz CT molecular complexity index is 740. The van der Waals surface area contributed by atoms with E-state index in [1.807, 2.05) is 0 Å². The van der Waals surface area contributed by atoms with Crippen LogP contribution in [-0.2, 0) is 4.74 Å². The Labute approximate surface area is 132 Å². The van der Waals surface area contributed by atoms with Crippen LogP contribution in [0.25, 0.3) is 0 Å². The number of rotatable bonds is 5. The van der Waals surface area contributed by atoms with Gasteiger partial charge in [-0.05, 0) is 24.3 Å². The zero-order valence-corrected chi connectivity index (χ0v) is 12.4. The van der Waals surface area contributed by atoms with Gasteiger partial charge in [0.1, 0.15) is 18.0 Å². The zero-order valence-electron chi connectivity index (χ0n) is 12.4. The summed E-state index contributed by atoms with van der Waals surface area (Å²) in [6, 6.07) is 10.6. The van der Waals surface area contributed by atoms with Gasteiger partial charge in [-0.15, -0.1) is 0 Å². The molecule has 0 radical (unpaired) electrons. The third kappa shape index (κ3) is 2.57. The van der Waals surface area contributed by atoms with Crippen LogP contribution in [0.15, 0.2) is 42.5 Å². The number of imide groups is 1. The second-order valence-electron chi connectivity index (χ2n) is 4.92. The van der Waals surface area contributed by atoms with Crippen LogP contribution >= 0.6 is 0 Å². The molecule has 0 saturated carbocycles. The highest BCUT2D eigenvalue weighted by Gasteiger charge is 2.39. The number of halogens is 1. The smallest absolute Gasteiger partial charge is 0.266 e. The molecule has 23 heavy (non-hydrogen) atoms. The van der Waals surface area contributed by atoms with Crippen molar-refractivity contribution in [2.75, 3.05) is 25.2 Å². The van der Waals surface area contributed by atoms with E-state index in [1.54, 1.807) is 24.3 Å². The van der Waals surface area contributed by atoms with Gasteiger partial charge in [0.25, 0.3) is 11.8 Å². The minimum Gasteiger partial charge on any atom is -0.489 e. The maximum atomic E-state index is 14.3. The third-order valence-electron chi connectivity index (χ3n) is 3.51. The first-order chi connectivity index (χ1) is 11.1. The minimum atomic E-state index is -0.700. The van der Waals surface area contributed by atoms with E-state index in [1.165, 1.54) is 25.3 Å². The monoisotopic (exact) mass is 315 g/mol. The Morgan fingerprint density at radius 1 is 0.957 bits per heavy atom. The summed E-state index contributed by atoms with van der Waals surface area (Å²) in [5.74, 6) is -1.70. The fraction of sp³-hybridized carbons (Fsp3) is 0.176. The number of amides is 2. The van der Waals surface area contributed by atoms with Crippen molar-refractivity contribution >= 4 is 17.5 Å². The van der Waals surface area contributed by atoms with Crippen LogP contribution in [-0.4, -0.2) is 32.1 Å². The molecule has 5 nitrogen and oxygen atoms in total. The number of carbonyl (C=O) groups is 2. The van der Waals surface area contributed by atoms with Crippen molar-refractivity contribution in [1.82, 2.24) is 0 Å². The fourth-order valence-corrected chi connectivity index (χ4v) is 2.46. The first kappa shape index (κ1) is 15.2. The van der Waals surface area contributed by atoms with E-state index in [0.29, 0.717) is 6.61 Å².